The molecule has 3 heterocycles. The van der Waals surface area contributed by atoms with Crippen LogP contribution in [-0.2, 0) is 22.5 Å². The lowest BCUT2D eigenvalue weighted by molar-refractivity contribution is -0.140. The van der Waals surface area contributed by atoms with E-state index < -0.39 is 6.10 Å². The van der Waals surface area contributed by atoms with Gasteiger partial charge >= 0.3 is 0 Å². The van der Waals surface area contributed by atoms with Gasteiger partial charge in [0, 0.05) is 57.3 Å². The topological polar surface area (TPSA) is 120 Å². The molecule has 3 aliphatic rings. The molecule has 0 unspecified atom stereocenters. The van der Waals surface area contributed by atoms with Gasteiger partial charge in [-0.25, -0.2) is 9.97 Å². The van der Waals surface area contributed by atoms with Gasteiger partial charge in [0.2, 0.25) is 5.91 Å². The number of nitrogens with one attached hydrogen (secondary N) is 2. The second-order valence-corrected chi connectivity index (χ2v) is 10.5. The Balaban J connectivity index is 1.05. The van der Waals surface area contributed by atoms with Crippen molar-refractivity contribution >= 4 is 17.6 Å². The third kappa shape index (κ3) is 6.86. The number of carbonyl (C=O) groups excluding carboxylic acids is 2. The second-order valence-electron chi connectivity index (χ2n) is 10.5. The third-order valence-electron chi connectivity index (χ3n) is 7.83. The number of aliphatic hydroxyl groups is 1. The predicted molar refractivity (Wildman–Crippen MR) is 143 cm³/mol. The maximum atomic E-state index is 12.8. The van der Waals surface area contributed by atoms with Crippen LogP contribution in [-0.4, -0.2) is 94.8 Å². The van der Waals surface area contributed by atoms with E-state index in [9.17, 15) is 14.7 Å². The lowest BCUT2D eigenvalue weighted by Gasteiger charge is -2.34. The highest BCUT2D eigenvalue weighted by Gasteiger charge is 2.30. The summed E-state index contributed by atoms with van der Waals surface area (Å²) in [6, 6.07) is 10.2. The Morgan fingerprint density at radius 2 is 1.82 bits per heavy atom. The molecule has 1 aromatic carbocycles. The van der Waals surface area contributed by atoms with E-state index >= 15 is 0 Å². The molecule has 0 bridgehead atoms. The highest BCUT2D eigenvalue weighted by molar-refractivity contribution is 5.92. The maximum Gasteiger partial charge on any atom is 0.270 e. The number of benzene rings is 1. The van der Waals surface area contributed by atoms with Crippen molar-refractivity contribution in [1.29, 1.82) is 0 Å². The van der Waals surface area contributed by atoms with Crippen LogP contribution in [0.25, 0.3) is 0 Å². The Morgan fingerprint density at radius 3 is 2.61 bits per heavy atom. The first kappa shape index (κ1) is 26.5. The van der Waals surface area contributed by atoms with E-state index in [-0.39, 0.29) is 36.0 Å². The smallest absolute Gasteiger partial charge is 0.270 e. The predicted octanol–water partition coefficient (Wildman–Crippen LogP) is 1.46. The molecule has 1 saturated carbocycles. The fourth-order valence-corrected chi connectivity index (χ4v) is 5.67. The SMILES string of the molecule is O=C(NC[C@H](O)CN1CCc2ccccc2C1)c1cc(NC2CCC(C(=O)N3CCOCC3)CC2)ncn1. The van der Waals surface area contributed by atoms with E-state index in [0.29, 0.717) is 38.7 Å². The molecule has 10 heteroatoms. The summed E-state index contributed by atoms with van der Waals surface area (Å²) in [6.45, 7) is 4.99. The minimum Gasteiger partial charge on any atom is -0.390 e. The minimum absolute atomic E-state index is 0.0731. The number of β-amino-alcohol motifs (C(OH)–C–C–N with tert-alkyl or cyclic N) is 1. The average molecular weight is 523 g/mol. The number of aromatic nitrogens is 2. The molecule has 5 rings (SSSR count). The van der Waals surface area contributed by atoms with Gasteiger partial charge in [0.25, 0.3) is 5.91 Å². The summed E-state index contributed by atoms with van der Waals surface area (Å²) < 4.78 is 5.36. The lowest BCUT2D eigenvalue weighted by atomic mass is 9.85. The number of nitrogens with zero attached hydrogens (tertiary/aromatic N) is 4. The lowest BCUT2D eigenvalue weighted by Crippen LogP contribution is -2.45. The molecule has 2 fully saturated rings. The molecule has 2 aromatic rings. The van der Waals surface area contributed by atoms with Crippen molar-refractivity contribution in [3.63, 3.8) is 0 Å². The number of hydrogen-bond donors (Lipinski definition) is 3. The van der Waals surface area contributed by atoms with Crippen molar-refractivity contribution in [3.8, 4) is 0 Å². The number of fused-ring (bicyclic) bond motifs is 1. The molecule has 2 aliphatic heterocycles. The molecular formula is C28H38N6O4. The quantitative estimate of drug-likeness (QED) is 0.477. The zero-order valence-electron chi connectivity index (χ0n) is 21.8. The van der Waals surface area contributed by atoms with Crippen LogP contribution in [0.2, 0.25) is 0 Å². The summed E-state index contributed by atoms with van der Waals surface area (Å²) in [7, 11) is 0. The molecule has 1 atom stereocenters. The normalized spacial score (nSPS) is 22.8. The largest absolute Gasteiger partial charge is 0.390 e. The Morgan fingerprint density at radius 1 is 1.05 bits per heavy atom. The van der Waals surface area contributed by atoms with E-state index in [2.05, 4.69) is 43.7 Å². The summed E-state index contributed by atoms with van der Waals surface area (Å²) in [4.78, 5) is 38.0. The summed E-state index contributed by atoms with van der Waals surface area (Å²) in [5.41, 5.74) is 2.93. The first-order chi connectivity index (χ1) is 18.5. The van der Waals surface area contributed by atoms with Gasteiger partial charge in [-0.3, -0.25) is 14.5 Å². The first-order valence-corrected chi connectivity index (χ1v) is 13.8. The highest BCUT2D eigenvalue weighted by Crippen LogP contribution is 2.28. The minimum atomic E-state index is -0.668. The van der Waals surface area contributed by atoms with Crippen LogP contribution in [0.1, 0.15) is 47.3 Å². The summed E-state index contributed by atoms with van der Waals surface area (Å²) in [5.74, 6) is 0.586. The molecule has 1 saturated heterocycles. The van der Waals surface area contributed by atoms with Crippen molar-refractivity contribution in [2.45, 2.75) is 50.8 Å². The first-order valence-electron chi connectivity index (χ1n) is 13.8. The summed E-state index contributed by atoms with van der Waals surface area (Å²) in [5, 5.41) is 16.7. The van der Waals surface area contributed by atoms with Gasteiger partial charge < -0.3 is 25.4 Å². The summed E-state index contributed by atoms with van der Waals surface area (Å²) in [6.07, 6.45) is 5.11. The van der Waals surface area contributed by atoms with Crippen LogP contribution in [0, 0.1) is 5.92 Å². The van der Waals surface area contributed by atoms with E-state index in [1.54, 1.807) is 6.07 Å². The summed E-state index contributed by atoms with van der Waals surface area (Å²) >= 11 is 0. The standard InChI is InChI=1S/C28H38N6O4/c35-24(18-33-10-9-20-3-1-2-4-22(20)17-33)16-29-27(36)25-15-26(31-19-30-25)32-23-7-5-21(6-8-23)28(37)34-11-13-38-14-12-34/h1-4,15,19,21,23-24,35H,5-14,16-18H2,(H,29,36)(H,30,31,32)/t21?,23?,24-/m0/s1. The van der Waals surface area contributed by atoms with Crippen molar-refractivity contribution < 1.29 is 19.4 Å². The van der Waals surface area contributed by atoms with Gasteiger partial charge in [0.15, 0.2) is 0 Å². The van der Waals surface area contributed by atoms with Crippen LogP contribution in [0.3, 0.4) is 0 Å². The molecule has 0 radical (unpaired) electrons. The maximum absolute atomic E-state index is 12.8. The Bertz CT molecular complexity index is 1100. The number of aliphatic hydroxyl groups excluding tert-OH is 1. The van der Waals surface area contributed by atoms with Crippen molar-refractivity contribution in [1.82, 2.24) is 25.1 Å². The van der Waals surface area contributed by atoms with Crippen molar-refractivity contribution in [2.24, 2.45) is 5.92 Å². The second kappa shape index (κ2) is 12.6. The highest BCUT2D eigenvalue weighted by atomic mass is 16.5. The van der Waals surface area contributed by atoms with E-state index in [4.69, 9.17) is 4.74 Å². The fraction of sp³-hybridized carbons (Fsp3) is 0.571. The number of amides is 2. The van der Waals surface area contributed by atoms with Gasteiger partial charge in [0.1, 0.15) is 17.8 Å². The van der Waals surface area contributed by atoms with E-state index in [1.807, 2.05) is 11.0 Å². The molecule has 10 nitrogen and oxygen atoms in total. The Kier molecular flexibility index (Phi) is 8.83. The number of hydrogen-bond acceptors (Lipinski definition) is 8. The van der Waals surface area contributed by atoms with Crippen LogP contribution >= 0.6 is 0 Å². The van der Waals surface area contributed by atoms with Gasteiger partial charge in [-0.05, 0) is 43.2 Å². The monoisotopic (exact) mass is 522 g/mol. The third-order valence-corrected chi connectivity index (χ3v) is 7.83. The zero-order valence-corrected chi connectivity index (χ0v) is 21.8. The Hall–Kier alpha value is -3.08. The van der Waals surface area contributed by atoms with Crippen LogP contribution < -0.4 is 10.6 Å². The number of carbonyl (C=O) groups is 2. The molecular weight excluding hydrogens is 484 g/mol. The van der Waals surface area contributed by atoms with Gasteiger partial charge in [-0.15, -0.1) is 0 Å². The molecule has 1 aromatic heterocycles. The average Bonchev–Trinajstić information content (AvgIpc) is 2.96. The van der Waals surface area contributed by atoms with Crippen molar-refractivity contribution in [3.05, 3.63) is 53.5 Å². The van der Waals surface area contributed by atoms with Crippen molar-refractivity contribution in [2.75, 3.05) is 51.3 Å². The van der Waals surface area contributed by atoms with Gasteiger partial charge in [-0.1, -0.05) is 24.3 Å². The van der Waals surface area contributed by atoms with Crippen LogP contribution in [0.4, 0.5) is 5.82 Å². The van der Waals surface area contributed by atoms with E-state index in [1.165, 1.54) is 17.5 Å². The molecule has 38 heavy (non-hydrogen) atoms. The number of morpholine rings is 1. The van der Waals surface area contributed by atoms with Gasteiger partial charge in [-0.2, -0.15) is 0 Å². The number of rotatable bonds is 8. The molecule has 3 N–H and O–H groups in total. The fourth-order valence-electron chi connectivity index (χ4n) is 5.67. The Labute approximate surface area is 223 Å². The molecule has 2 amide bonds. The van der Waals surface area contributed by atoms with Crippen LogP contribution in [0.5, 0.6) is 0 Å². The zero-order chi connectivity index (χ0) is 26.3. The molecule has 204 valence electrons. The number of ether oxygens (including phenoxy) is 1. The van der Waals surface area contributed by atoms with E-state index in [0.717, 1.165) is 45.2 Å². The molecule has 1 aliphatic carbocycles. The number of anilines is 1. The van der Waals surface area contributed by atoms with Crippen LogP contribution in [0.15, 0.2) is 36.7 Å². The molecule has 0 spiro atoms. The van der Waals surface area contributed by atoms with Gasteiger partial charge in [0.05, 0.1) is 19.3 Å².